The van der Waals surface area contributed by atoms with Crippen LogP contribution >= 0.6 is 0 Å². The summed E-state index contributed by atoms with van der Waals surface area (Å²) in [6.45, 7) is 0.553. The summed E-state index contributed by atoms with van der Waals surface area (Å²) in [6, 6.07) is 10.1. The standard InChI is InChI=1S/C21H19FN2O4/c22-14-4-6-17-16(9-14)19(21(26)24-17)20-15-5-3-12(8-13(15)11-28-20)2-1-7-27-18(25)10-23/h3-6,8-9H,1-2,7,10-11,23H2,(H,24,26). The largest absolute Gasteiger partial charge is 0.487 e. The molecule has 2 aromatic carbocycles. The fourth-order valence-electron chi connectivity index (χ4n) is 3.46. The molecule has 0 aromatic heterocycles. The van der Waals surface area contributed by atoms with E-state index in [1.807, 2.05) is 18.2 Å². The van der Waals surface area contributed by atoms with Gasteiger partial charge in [-0.15, -0.1) is 0 Å². The van der Waals surface area contributed by atoms with Crippen molar-refractivity contribution in [1.29, 1.82) is 0 Å². The van der Waals surface area contributed by atoms with Crippen molar-refractivity contribution < 1.29 is 23.5 Å². The Kier molecular flexibility index (Phi) is 4.83. The molecule has 6 nitrogen and oxygen atoms in total. The molecule has 0 spiro atoms. The highest BCUT2D eigenvalue weighted by Crippen LogP contribution is 2.41. The van der Waals surface area contributed by atoms with Crippen molar-refractivity contribution in [2.45, 2.75) is 19.4 Å². The Balaban J connectivity index is 1.56. The molecule has 2 heterocycles. The van der Waals surface area contributed by atoms with Gasteiger partial charge in [0.1, 0.15) is 18.2 Å². The van der Waals surface area contributed by atoms with Gasteiger partial charge in [0.2, 0.25) is 0 Å². The van der Waals surface area contributed by atoms with E-state index in [0.29, 0.717) is 42.2 Å². The molecule has 0 fully saturated rings. The first kappa shape index (κ1) is 18.2. The van der Waals surface area contributed by atoms with Crippen molar-refractivity contribution >= 4 is 28.9 Å². The average molecular weight is 382 g/mol. The highest BCUT2D eigenvalue weighted by molar-refractivity contribution is 6.36. The number of benzene rings is 2. The molecule has 4 rings (SSSR count). The minimum Gasteiger partial charge on any atom is -0.487 e. The fraction of sp³-hybridized carbons (Fsp3) is 0.238. The topological polar surface area (TPSA) is 90.7 Å². The van der Waals surface area contributed by atoms with Crippen LogP contribution in [-0.2, 0) is 32.1 Å². The lowest BCUT2D eigenvalue weighted by Gasteiger charge is -2.07. The number of esters is 1. The zero-order valence-electron chi connectivity index (χ0n) is 15.1. The molecular formula is C21H19FN2O4. The maximum atomic E-state index is 13.7. The zero-order valence-corrected chi connectivity index (χ0v) is 15.1. The Bertz CT molecular complexity index is 1000. The van der Waals surface area contributed by atoms with E-state index in [-0.39, 0.29) is 12.5 Å². The van der Waals surface area contributed by atoms with Gasteiger partial charge in [0.15, 0.2) is 0 Å². The molecule has 0 unspecified atom stereocenters. The normalized spacial score (nSPS) is 17.0. The lowest BCUT2D eigenvalue weighted by atomic mass is 9.98. The van der Waals surface area contributed by atoms with Crippen molar-refractivity contribution in [3.05, 3.63) is 64.5 Å². The van der Waals surface area contributed by atoms with Crippen molar-refractivity contribution in [2.24, 2.45) is 5.73 Å². The van der Waals surface area contributed by atoms with Gasteiger partial charge in [0.05, 0.1) is 18.7 Å². The van der Waals surface area contributed by atoms with Crippen LogP contribution in [0.1, 0.15) is 28.7 Å². The van der Waals surface area contributed by atoms with Gasteiger partial charge in [0.25, 0.3) is 5.91 Å². The molecule has 1 amide bonds. The summed E-state index contributed by atoms with van der Waals surface area (Å²) in [4.78, 5) is 23.5. The first-order valence-electron chi connectivity index (χ1n) is 9.03. The number of aryl methyl sites for hydroxylation is 1. The second-order valence-electron chi connectivity index (χ2n) is 6.66. The number of hydrogen-bond acceptors (Lipinski definition) is 5. The van der Waals surface area contributed by atoms with Gasteiger partial charge in [-0.3, -0.25) is 9.59 Å². The summed E-state index contributed by atoms with van der Waals surface area (Å²) in [7, 11) is 0. The van der Waals surface area contributed by atoms with Gasteiger partial charge in [-0.1, -0.05) is 18.2 Å². The van der Waals surface area contributed by atoms with Crippen LogP contribution in [0.2, 0.25) is 0 Å². The van der Waals surface area contributed by atoms with Crippen molar-refractivity contribution in [1.82, 2.24) is 0 Å². The Morgan fingerprint density at radius 3 is 2.89 bits per heavy atom. The third kappa shape index (κ3) is 3.36. The minimum absolute atomic E-state index is 0.117. The Morgan fingerprint density at radius 1 is 1.21 bits per heavy atom. The van der Waals surface area contributed by atoms with Crippen LogP contribution < -0.4 is 11.1 Å². The number of amides is 1. The van der Waals surface area contributed by atoms with Crippen LogP contribution in [-0.4, -0.2) is 25.0 Å². The SMILES string of the molecule is NCC(=O)OCCCc1ccc2c(c1)COC2=C1C(=O)Nc2ccc(F)cc21. The highest BCUT2D eigenvalue weighted by Gasteiger charge is 2.32. The third-order valence-electron chi connectivity index (χ3n) is 4.78. The number of nitrogens with one attached hydrogen (secondary N) is 1. The highest BCUT2D eigenvalue weighted by atomic mass is 19.1. The maximum Gasteiger partial charge on any atom is 0.319 e. The van der Waals surface area contributed by atoms with E-state index in [4.69, 9.17) is 15.2 Å². The lowest BCUT2D eigenvalue weighted by molar-refractivity contribution is -0.142. The van der Waals surface area contributed by atoms with Gasteiger partial charge in [0, 0.05) is 22.4 Å². The second-order valence-corrected chi connectivity index (χ2v) is 6.66. The molecule has 28 heavy (non-hydrogen) atoms. The van der Waals surface area contributed by atoms with Crippen LogP contribution in [0.5, 0.6) is 0 Å². The zero-order chi connectivity index (χ0) is 19.7. The van der Waals surface area contributed by atoms with E-state index in [2.05, 4.69) is 5.32 Å². The van der Waals surface area contributed by atoms with E-state index in [1.54, 1.807) is 6.07 Å². The number of fused-ring (bicyclic) bond motifs is 2. The van der Waals surface area contributed by atoms with Crippen LogP contribution in [0.4, 0.5) is 10.1 Å². The number of anilines is 1. The van der Waals surface area contributed by atoms with Crippen molar-refractivity contribution in [3.63, 3.8) is 0 Å². The summed E-state index contributed by atoms with van der Waals surface area (Å²) in [5, 5.41) is 2.75. The Morgan fingerprint density at radius 2 is 2.07 bits per heavy atom. The van der Waals surface area contributed by atoms with Gasteiger partial charge >= 0.3 is 5.97 Å². The fourth-order valence-corrected chi connectivity index (χ4v) is 3.46. The molecule has 3 N–H and O–H groups in total. The van der Waals surface area contributed by atoms with E-state index >= 15 is 0 Å². The van der Waals surface area contributed by atoms with Gasteiger partial charge in [-0.05, 0) is 36.6 Å². The van der Waals surface area contributed by atoms with E-state index in [1.165, 1.54) is 12.1 Å². The van der Waals surface area contributed by atoms with E-state index < -0.39 is 11.8 Å². The maximum absolute atomic E-state index is 13.7. The molecule has 0 saturated carbocycles. The molecule has 2 aliphatic rings. The molecule has 2 aromatic rings. The molecule has 2 aliphatic heterocycles. The third-order valence-corrected chi connectivity index (χ3v) is 4.78. The minimum atomic E-state index is -0.412. The molecule has 7 heteroatoms. The number of nitrogens with two attached hydrogens (primary N) is 1. The molecular weight excluding hydrogens is 363 g/mol. The smallest absolute Gasteiger partial charge is 0.319 e. The number of rotatable bonds is 5. The summed E-state index contributed by atoms with van der Waals surface area (Å²) in [6.07, 6.45) is 1.43. The number of carbonyl (C=O) groups excluding carboxylic acids is 2. The number of halogens is 1. The van der Waals surface area contributed by atoms with Gasteiger partial charge in [-0.25, -0.2) is 4.39 Å². The van der Waals surface area contributed by atoms with Crippen molar-refractivity contribution in [2.75, 3.05) is 18.5 Å². The molecule has 0 radical (unpaired) electrons. The predicted molar refractivity (Wildman–Crippen MR) is 101 cm³/mol. The monoisotopic (exact) mass is 382 g/mol. The quantitative estimate of drug-likeness (QED) is 0.471. The molecule has 0 bridgehead atoms. The summed E-state index contributed by atoms with van der Waals surface area (Å²) in [5.41, 5.74) is 9.53. The van der Waals surface area contributed by atoms with Crippen LogP contribution in [0.25, 0.3) is 11.3 Å². The first-order valence-corrected chi connectivity index (χ1v) is 9.03. The first-order chi connectivity index (χ1) is 13.6. The molecule has 0 atom stereocenters. The van der Waals surface area contributed by atoms with Gasteiger partial charge < -0.3 is 20.5 Å². The molecule has 0 saturated heterocycles. The van der Waals surface area contributed by atoms with E-state index in [0.717, 1.165) is 23.1 Å². The summed E-state index contributed by atoms with van der Waals surface area (Å²) >= 11 is 0. The van der Waals surface area contributed by atoms with Crippen LogP contribution in [0, 0.1) is 5.82 Å². The number of hydrogen-bond donors (Lipinski definition) is 2. The Hall–Kier alpha value is -3.19. The van der Waals surface area contributed by atoms with Gasteiger partial charge in [-0.2, -0.15) is 0 Å². The van der Waals surface area contributed by atoms with Crippen molar-refractivity contribution in [3.8, 4) is 0 Å². The van der Waals surface area contributed by atoms with E-state index in [9.17, 15) is 14.0 Å². The number of carbonyl (C=O) groups is 2. The summed E-state index contributed by atoms with van der Waals surface area (Å²) < 4.78 is 24.5. The lowest BCUT2D eigenvalue weighted by Crippen LogP contribution is -2.17. The van der Waals surface area contributed by atoms with Crippen LogP contribution in [0.3, 0.4) is 0 Å². The molecule has 0 aliphatic carbocycles. The second kappa shape index (κ2) is 7.44. The predicted octanol–water partition coefficient (Wildman–Crippen LogP) is 2.61. The Labute approximate surface area is 161 Å². The average Bonchev–Trinajstić information content (AvgIpc) is 3.24. The summed E-state index contributed by atoms with van der Waals surface area (Å²) in [5.74, 6) is -0.642. The number of ether oxygens (including phenoxy) is 2. The van der Waals surface area contributed by atoms with Crippen LogP contribution in [0.15, 0.2) is 36.4 Å². The molecule has 144 valence electrons.